The van der Waals surface area contributed by atoms with Crippen LogP contribution in [0, 0.1) is 0 Å². The van der Waals surface area contributed by atoms with Gasteiger partial charge in [-0.3, -0.25) is 0 Å². The second-order valence-corrected chi connectivity index (χ2v) is 5.62. The highest BCUT2D eigenvalue weighted by Crippen LogP contribution is 2.19. The van der Waals surface area contributed by atoms with Gasteiger partial charge in [-0.05, 0) is 19.3 Å². The topological polar surface area (TPSA) is 49.8 Å². The molecular formula is C16H30N4. The van der Waals surface area contributed by atoms with Crippen molar-refractivity contribution in [3.05, 3.63) is 11.9 Å². The molecule has 2 N–H and O–H groups in total. The molecule has 0 amide bonds. The molecule has 114 valence electrons. The number of nitrogens with one attached hydrogen (secondary N) is 2. The van der Waals surface area contributed by atoms with Gasteiger partial charge in [-0.1, -0.05) is 41.0 Å². The molecule has 0 aliphatic carbocycles. The molecule has 0 saturated carbocycles. The molecule has 1 unspecified atom stereocenters. The SMILES string of the molecule is CCCNc1cc(NC(CC)CCC)nc(C(C)C)n1. The van der Waals surface area contributed by atoms with Crippen LogP contribution in [0.5, 0.6) is 0 Å². The van der Waals surface area contributed by atoms with Crippen LogP contribution in [0.15, 0.2) is 6.07 Å². The van der Waals surface area contributed by atoms with Gasteiger partial charge in [0.15, 0.2) is 0 Å². The molecule has 0 aromatic carbocycles. The minimum absolute atomic E-state index is 0.338. The molecule has 0 saturated heterocycles. The highest BCUT2D eigenvalue weighted by molar-refractivity contribution is 5.48. The van der Waals surface area contributed by atoms with Crippen LogP contribution in [0.3, 0.4) is 0 Å². The van der Waals surface area contributed by atoms with Gasteiger partial charge in [0.05, 0.1) is 0 Å². The summed E-state index contributed by atoms with van der Waals surface area (Å²) in [6, 6.07) is 2.52. The third-order valence-corrected chi connectivity index (χ3v) is 3.30. The van der Waals surface area contributed by atoms with Crippen LogP contribution in [0.2, 0.25) is 0 Å². The monoisotopic (exact) mass is 278 g/mol. The summed E-state index contributed by atoms with van der Waals surface area (Å²) in [4.78, 5) is 9.24. The van der Waals surface area contributed by atoms with Crippen molar-refractivity contribution in [1.29, 1.82) is 0 Å². The summed E-state index contributed by atoms with van der Waals surface area (Å²) in [6.07, 6.45) is 4.58. The molecule has 0 spiro atoms. The summed E-state index contributed by atoms with van der Waals surface area (Å²) < 4.78 is 0. The minimum atomic E-state index is 0.338. The van der Waals surface area contributed by atoms with Crippen molar-refractivity contribution in [2.24, 2.45) is 0 Å². The Morgan fingerprint density at radius 3 is 2.30 bits per heavy atom. The molecule has 1 atom stereocenters. The second kappa shape index (κ2) is 8.77. The highest BCUT2D eigenvalue weighted by atomic mass is 15.1. The quantitative estimate of drug-likeness (QED) is 0.702. The van der Waals surface area contributed by atoms with Crippen molar-refractivity contribution in [2.45, 2.75) is 72.3 Å². The maximum Gasteiger partial charge on any atom is 0.135 e. The van der Waals surface area contributed by atoms with Gasteiger partial charge in [-0.2, -0.15) is 0 Å². The number of nitrogens with zero attached hydrogens (tertiary/aromatic N) is 2. The maximum atomic E-state index is 4.65. The van der Waals surface area contributed by atoms with Crippen molar-refractivity contribution in [3.63, 3.8) is 0 Å². The van der Waals surface area contributed by atoms with E-state index in [9.17, 15) is 0 Å². The molecule has 0 fully saturated rings. The van der Waals surface area contributed by atoms with Crippen molar-refractivity contribution >= 4 is 11.6 Å². The molecule has 0 aliphatic rings. The van der Waals surface area contributed by atoms with Gasteiger partial charge in [0.2, 0.25) is 0 Å². The Morgan fingerprint density at radius 1 is 1.05 bits per heavy atom. The fourth-order valence-electron chi connectivity index (χ4n) is 2.08. The van der Waals surface area contributed by atoms with E-state index in [1.807, 2.05) is 6.07 Å². The van der Waals surface area contributed by atoms with E-state index in [2.05, 4.69) is 55.2 Å². The van der Waals surface area contributed by atoms with Gasteiger partial charge in [-0.25, -0.2) is 9.97 Å². The van der Waals surface area contributed by atoms with E-state index in [1.54, 1.807) is 0 Å². The predicted molar refractivity (Wildman–Crippen MR) is 87.5 cm³/mol. The summed E-state index contributed by atoms with van der Waals surface area (Å²) in [5.74, 6) is 3.12. The molecule has 4 heteroatoms. The standard InChI is InChI=1S/C16H30N4/c1-6-9-13(8-3)18-15-11-14(17-10-7-2)19-16(20-15)12(4)5/h11-13H,6-10H2,1-5H3,(H2,17,18,19,20). The van der Waals surface area contributed by atoms with Crippen LogP contribution in [0.4, 0.5) is 11.6 Å². The Hall–Kier alpha value is -1.32. The van der Waals surface area contributed by atoms with E-state index in [0.29, 0.717) is 12.0 Å². The second-order valence-electron chi connectivity index (χ2n) is 5.62. The smallest absolute Gasteiger partial charge is 0.135 e. The van der Waals surface area contributed by atoms with Gasteiger partial charge >= 0.3 is 0 Å². The zero-order valence-corrected chi connectivity index (χ0v) is 13.7. The third kappa shape index (κ3) is 5.35. The van der Waals surface area contributed by atoms with E-state index in [0.717, 1.165) is 36.8 Å². The average molecular weight is 278 g/mol. The highest BCUT2D eigenvalue weighted by Gasteiger charge is 2.11. The van der Waals surface area contributed by atoms with Crippen LogP contribution >= 0.6 is 0 Å². The fourth-order valence-corrected chi connectivity index (χ4v) is 2.08. The molecule has 0 aliphatic heterocycles. The molecule has 0 bridgehead atoms. The summed E-state index contributed by atoms with van der Waals surface area (Å²) in [5.41, 5.74) is 0. The average Bonchev–Trinajstić information content (AvgIpc) is 2.44. The first kappa shape index (κ1) is 16.7. The minimum Gasteiger partial charge on any atom is -0.370 e. The third-order valence-electron chi connectivity index (χ3n) is 3.30. The lowest BCUT2D eigenvalue weighted by molar-refractivity contribution is 0.619. The van der Waals surface area contributed by atoms with Crippen molar-refractivity contribution < 1.29 is 0 Å². The Labute approximate surface area is 123 Å². The fraction of sp³-hybridized carbons (Fsp3) is 0.750. The molecule has 1 aromatic rings. The Bertz CT molecular complexity index is 390. The van der Waals surface area contributed by atoms with Crippen LogP contribution < -0.4 is 10.6 Å². The molecule has 20 heavy (non-hydrogen) atoms. The number of hydrogen-bond acceptors (Lipinski definition) is 4. The summed E-state index contributed by atoms with van der Waals surface area (Å²) in [6.45, 7) is 11.8. The van der Waals surface area contributed by atoms with Crippen LogP contribution in [-0.2, 0) is 0 Å². The van der Waals surface area contributed by atoms with Crippen LogP contribution in [0.1, 0.15) is 72.0 Å². The van der Waals surface area contributed by atoms with Crippen molar-refractivity contribution in [1.82, 2.24) is 9.97 Å². The van der Waals surface area contributed by atoms with Gasteiger partial charge < -0.3 is 10.6 Å². The zero-order chi connectivity index (χ0) is 15.0. The van der Waals surface area contributed by atoms with E-state index in [-0.39, 0.29) is 0 Å². The molecule has 4 nitrogen and oxygen atoms in total. The van der Waals surface area contributed by atoms with Gasteiger partial charge in [0.1, 0.15) is 17.5 Å². The molecule has 1 aromatic heterocycles. The Kier molecular flexibility index (Phi) is 7.34. The van der Waals surface area contributed by atoms with Gasteiger partial charge in [0.25, 0.3) is 0 Å². The van der Waals surface area contributed by atoms with E-state index in [1.165, 1.54) is 12.8 Å². The normalized spacial score (nSPS) is 12.5. The Balaban J connectivity index is 2.89. The number of aromatic nitrogens is 2. The summed E-state index contributed by atoms with van der Waals surface area (Å²) >= 11 is 0. The lowest BCUT2D eigenvalue weighted by Gasteiger charge is -2.18. The Morgan fingerprint density at radius 2 is 1.75 bits per heavy atom. The van der Waals surface area contributed by atoms with Crippen LogP contribution in [0.25, 0.3) is 0 Å². The first-order chi connectivity index (χ1) is 9.60. The number of anilines is 2. The first-order valence-electron chi connectivity index (χ1n) is 8.00. The van der Waals surface area contributed by atoms with Crippen LogP contribution in [-0.4, -0.2) is 22.6 Å². The molecule has 1 rings (SSSR count). The van der Waals surface area contributed by atoms with E-state index < -0.39 is 0 Å². The lowest BCUT2D eigenvalue weighted by atomic mass is 10.1. The lowest BCUT2D eigenvalue weighted by Crippen LogP contribution is -2.20. The number of hydrogen-bond donors (Lipinski definition) is 2. The number of rotatable bonds is 9. The van der Waals surface area contributed by atoms with E-state index in [4.69, 9.17) is 0 Å². The molecular weight excluding hydrogens is 248 g/mol. The summed E-state index contributed by atoms with van der Waals surface area (Å²) in [7, 11) is 0. The maximum absolute atomic E-state index is 4.65. The molecule has 1 heterocycles. The largest absolute Gasteiger partial charge is 0.370 e. The predicted octanol–water partition coefficient (Wildman–Crippen LogP) is 4.41. The van der Waals surface area contributed by atoms with Crippen molar-refractivity contribution in [2.75, 3.05) is 17.2 Å². The summed E-state index contributed by atoms with van der Waals surface area (Å²) in [5, 5.41) is 6.91. The van der Waals surface area contributed by atoms with Gasteiger partial charge in [-0.15, -0.1) is 0 Å². The van der Waals surface area contributed by atoms with Gasteiger partial charge in [0, 0.05) is 24.6 Å². The van der Waals surface area contributed by atoms with Crippen molar-refractivity contribution in [3.8, 4) is 0 Å². The zero-order valence-electron chi connectivity index (χ0n) is 13.7. The van der Waals surface area contributed by atoms with E-state index >= 15 is 0 Å². The molecule has 0 radical (unpaired) electrons. The first-order valence-corrected chi connectivity index (χ1v) is 8.00.